The van der Waals surface area contributed by atoms with E-state index in [4.69, 9.17) is 0 Å². The first-order valence-corrected chi connectivity index (χ1v) is 0. The van der Waals surface area contributed by atoms with Gasteiger partial charge in [-0.2, -0.15) is 0 Å². The van der Waals surface area contributed by atoms with Crippen LogP contribution < -0.4 is 0 Å². The van der Waals surface area contributed by atoms with Crippen molar-refractivity contribution in [2.24, 2.45) is 0 Å². The van der Waals surface area contributed by atoms with Crippen LogP contribution in [0.25, 0.3) is 0 Å². The van der Waals surface area contributed by atoms with E-state index in [0.29, 0.717) is 0 Å². The Morgan fingerprint density at radius 2 is 0.273 bits per heavy atom. The zero-order valence-corrected chi connectivity index (χ0v) is 11.3. The fourth-order valence-electron chi connectivity index (χ4n) is 0. The molecule has 0 aromatic rings. The average molecular weight is 365 g/mol. The third kappa shape index (κ3) is 302. The van der Waals surface area contributed by atoms with Crippen LogP contribution in [-0.4, -0.2) is 27.4 Å². The van der Waals surface area contributed by atoms with E-state index in [1.165, 1.54) is 0 Å². The zero-order chi connectivity index (χ0) is 0. The fourth-order valence-corrected chi connectivity index (χ4v) is 0. The van der Waals surface area contributed by atoms with Crippen molar-refractivity contribution in [2.45, 2.75) is 0 Å². The zero-order valence-electron chi connectivity index (χ0n) is 4.99. The second kappa shape index (κ2) is 366. The van der Waals surface area contributed by atoms with Crippen LogP contribution in [0.2, 0.25) is 0 Å². The molecule has 11 heteroatoms. The molecular formula is H15Cl5NbO5. The van der Waals surface area contributed by atoms with Gasteiger partial charge in [-0.25, -0.2) is 0 Å². The first-order chi connectivity index (χ1) is 0. The molecule has 0 aliphatic carbocycles. The maximum Gasteiger partial charge on any atom is 0 e. The molecule has 0 unspecified atom stereocenters. The topological polar surface area (TPSA) is 158 Å². The van der Waals surface area contributed by atoms with Crippen molar-refractivity contribution >= 4 is 62.0 Å². The van der Waals surface area contributed by atoms with Crippen LogP contribution in [0.4, 0.5) is 0 Å². The van der Waals surface area contributed by atoms with Gasteiger partial charge in [0.25, 0.3) is 0 Å². The fraction of sp³-hybridized carbons (Fsp3) is 0. The number of halogens is 5. The number of rotatable bonds is 0. The Balaban J connectivity index is 0. The van der Waals surface area contributed by atoms with Crippen LogP contribution in [0.5, 0.6) is 0 Å². The average Bonchev–Trinajstić information content (AvgIpc) is 0. The van der Waals surface area contributed by atoms with Crippen molar-refractivity contribution in [3.05, 3.63) is 0 Å². The molecule has 0 fully saturated rings. The largest absolute Gasteiger partial charge is 0.412 e. The molecule has 0 aliphatic rings. The molecule has 0 spiro atoms. The van der Waals surface area contributed by atoms with Crippen molar-refractivity contribution < 1.29 is 49.8 Å². The first-order valence-electron chi connectivity index (χ1n) is 0. The summed E-state index contributed by atoms with van der Waals surface area (Å²) in [7, 11) is 0. The molecule has 5 nitrogen and oxygen atoms in total. The molecule has 0 atom stereocenters. The van der Waals surface area contributed by atoms with Gasteiger partial charge in [0, 0.05) is 22.4 Å². The SMILES string of the molecule is Cl.Cl.Cl.Cl.Cl.O.O.O.O.O.[Nb]. The maximum atomic E-state index is 0. The molecule has 0 heterocycles. The van der Waals surface area contributed by atoms with E-state index in [1.807, 2.05) is 0 Å². The molecule has 0 saturated heterocycles. The Hall–Kier alpha value is 1.99. The van der Waals surface area contributed by atoms with Crippen molar-refractivity contribution in [3.63, 3.8) is 0 Å². The van der Waals surface area contributed by atoms with E-state index in [0.717, 1.165) is 0 Å². The van der Waals surface area contributed by atoms with E-state index in [2.05, 4.69) is 0 Å². The van der Waals surface area contributed by atoms with E-state index >= 15 is 0 Å². The van der Waals surface area contributed by atoms with E-state index in [1.54, 1.807) is 0 Å². The summed E-state index contributed by atoms with van der Waals surface area (Å²) in [6.07, 6.45) is 0. The number of hydrogen-bond donors (Lipinski definition) is 0. The van der Waals surface area contributed by atoms with Gasteiger partial charge >= 0.3 is 0 Å². The first kappa shape index (κ1) is 471. The minimum absolute atomic E-state index is 0. The predicted octanol–water partition coefficient (Wildman–Crippen LogP) is -2.02. The summed E-state index contributed by atoms with van der Waals surface area (Å²) >= 11 is 0. The monoisotopic (exact) mass is 363 g/mol. The minimum atomic E-state index is 0. The van der Waals surface area contributed by atoms with Crippen LogP contribution in [-0.2, 0) is 22.4 Å². The third-order valence-electron chi connectivity index (χ3n) is 0. The summed E-state index contributed by atoms with van der Waals surface area (Å²) in [4.78, 5) is 0. The molecular weight excluding hydrogens is 350 g/mol. The Kier molecular flexibility index (Phi) is 15700. The van der Waals surface area contributed by atoms with Gasteiger partial charge in [0.05, 0.1) is 0 Å². The van der Waals surface area contributed by atoms with Crippen molar-refractivity contribution in [3.8, 4) is 0 Å². The molecule has 0 bridgehead atoms. The van der Waals surface area contributed by atoms with Gasteiger partial charge in [0.1, 0.15) is 0 Å². The smallest absolute Gasteiger partial charge is 0 e. The molecule has 11 heavy (non-hydrogen) atoms. The van der Waals surface area contributed by atoms with Crippen LogP contribution in [0.1, 0.15) is 0 Å². The summed E-state index contributed by atoms with van der Waals surface area (Å²) in [5, 5.41) is 0. The number of hydrogen-bond acceptors (Lipinski definition) is 0. The summed E-state index contributed by atoms with van der Waals surface area (Å²) in [6, 6.07) is 0. The van der Waals surface area contributed by atoms with Gasteiger partial charge in [-0.1, -0.05) is 0 Å². The van der Waals surface area contributed by atoms with E-state index < -0.39 is 0 Å². The Bertz CT molecular complexity index is 14.8. The molecule has 0 aliphatic heterocycles. The second-order valence-corrected chi connectivity index (χ2v) is 0. The molecule has 0 aromatic heterocycles. The van der Waals surface area contributed by atoms with Gasteiger partial charge in [0.2, 0.25) is 0 Å². The van der Waals surface area contributed by atoms with Crippen LogP contribution in [0, 0.1) is 0 Å². The van der Waals surface area contributed by atoms with E-state index in [9.17, 15) is 0 Å². The molecule has 0 aromatic carbocycles. The minimum Gasteiger partial charge on any atom is -0.412 e. The standard InChI is InChI=1S/5ClH.Nb.5H2O/h5*1H;;5*1H2. The Morgan fingerprint density at radius 1 is 0.273 bits per heavy atom. The van der Waals surface area contributed by atoms with Gasteiger partial charge in [-0.05, 0) is 0 Å². The summed E-state index contributed by atoms with van der Waals surface area (Å²) < 4.78 is 0. The van der Waals surface area contributed by atoms with Crippen LogP contribution in [0.3, 0.4) is 0 Å². The molecule has 10 N–H and O–H groups in total. The molecule has 85 valence electrons. The van der Waals surface area contributed by atoms with Gasteiger partial charge in [-0.15, -0.1) is 62.0 Å². The van der Waals surface area contributed by atoms with Gasteiger partial charge in [-0.3, -0.25) is 0 Å². The van der Waals surface area contributed by atoms with E-state index in [-0.39, 0.29) is 112 Å². The molecule has 0 rings (SSSR count). The molecule has 0 amide bonds. The summed E-state index contributed by atoms with van der Waals surface area (Å²) in [5.74, 6) is 0. The Morgan fingerprint density at radius 3 is 0.273 bits per heavy atom. The predicted molar refractivity (Wildman–Crippen MR) is 54.3 cm³/mol. The van der Waals surface area contributed by atoms with Crippen LogP contribution >= 0.6 is 62.0 Å². The Labute approximate surface area is 111 Å². The maximum absolute atomic E-state index is 0. The van der Waals surface area contributed by atoms with Gasteiger partial charge < -0.3 is 27.4 Å². The molecule has 0 saturated carbocycles. The van der Waals surface area contributed by atoms with Crippen LogP contribution in [0.15, 0.2) is 0 Å². The summed E-state index contributed by atoms with van der Waals surface area (Å²) in [5.41, 5.74) is 0. The van der Waals surface area contributed by atoms with Gasteiger partial charge in [0.15, 0.2) is 0 Å². The van der Waals surface area contributed by atoms with Crippen molar-refractivity contribution in [2.75, 3.05) is 0 Å². The molecule has 1 radical (unpaired) electrons. The third-order valence-corrected chi connectivity index (χ3v) is 0. The normalized spacial score (nSPS) is 0. The van der Waals surface area contributed by atoms with Crippen molar-refractivity contribution in [1.29, 1.82) is 0 Å². The van der Waals surface area contributed by atoms with Crippen molar-refractivity contribution in [1.82, 2.24) is 0 Å². The second-order valence-electron chi connectivity index (χ2n) is 0. The summed E-state index contributed by atoms with van der Waals surface area (Å²) in [6.45, 7) is 0. The quantitative estimate of drug-likeness (QED) is 0.434.